The minimum Gasteiger partial charge on any atom is -0.418 e. The van der Waals surface area contributed by atoms with Crippen LogP contribution in [-0.4, -0.2) is 11.8 Å². The van der Waals surface area contributed by atoms with Crippen LogP contribution in [0.15, 0.2) is 18.7 Å². The summed E-state index contributed by atoms with van der Waals surface area (Å²) in [6.07, 6.45) is 11.9. The quantitative estimate of drug-likeness (QED) is 0.322. The standard InChI is InChI=1S/C11H21N2.BF4/c1-3-5-6-7-8-13-10-9-12(4-2)11-13;2-1(3,4)5/h9-11H,3-8H2,1-2H3;/q+1;-1. The van der Waals surface area contributed by atoms with Crippen LogP contribution in [-0.2, 0) is 13.1 Å². The van der Waals surface area contributed by atoms with Gasteiger partial charge in [0.05, 0.1) is 13.1 Å². The maximum absolute atomic E-state index is 9.75. The second-order valence-corrected chi connectivity index (χ2v) is 4.04. The van der Waals surface area contributed by atoms with Crippen LogP contribution in [0.5, 0.6) is 0 Å². The third-order valence-electron chi connectivity index (χ3n) is 2.38. The zero-order chi connectivity index (χ0) is 14.0. The molecule has 0 unspecified atom stereocenters. The molecule has 1 aromatic rings. The van der Waals surface area contributed by atoms with Crippen molar-refractivity contribution in [2.24, 2.45) is 0 Å². The Labute approximate surface area is 106 Å². The number of unbranched alkanes of at least 4 members (excludes halogenated alkanes) is 3. The molecule has 18 heavy (non-hydrogen) atoms. The summed E-state index contributed by atoms with van der Waals surface area (Å²) in [5.74, 6) is 0. The van der Waals surface area contributed by atoms with Crippen LogP contribution in [0.4, 0.5) is 17.3 Å². The van der Waals surface area contributed by atoms with E-state index < -0.39 is 7.25 Å². The zero-order valence-electron chi connectivity index (χ0n) is 11.0. The lowest BCUT2D eigenvalue weighted by Crippen LogP contribution is -2.30. The van der Waals surface area contributed by atoms with Crippen molar-refractivity contribution in [1.29, 1.82) is 0 Å². The van der Waals surface area contributed by atoms with E-state index >= 15 is 0 Å². The van der Waals surface area contributed by atoms with Crippen molar-refractivity contribution in [3.05, 3.63) is 18.7 Å². The van der Waals surface area contributed by atoms with E-state index in [1.807, 2.05) is 0 Å². The summed E-state index contributed by atoms with van der Waals surface area (Å²) < 4.78 is 43.5. The number of hydrogen-bond donors (Lipinski definition) is 0. The van der Waals surface area contributed by atoms with Crippen molar-refractivity contribution in [2.75, 3.05) is 0 Å². The predicted octanol–water partition coefficient (Wildman–Crippen LogP) is 3.68. The van der Waals surface area contributed by atoms with Gasteiger partial charge in [0.1, 0.15) is 12.4 Å². The van der Waals surface area contributed by atoms with Gasteiger partial charge in [-0.1, -0.05) is 19.8 Å². The van der Waals surface area contributed by atoms with E-state index in [1.54, 1.807) is 0 Å². The van der Waals surface area contributed by atoms with E-state index in [4.69, 9.17) is 0 Å². The normalized spacial score (nSPS) is 11.0. The molecule has 106 valence electrons. The molecule has 1 rings (SSSR count). The van der Waals surface area contributed by atoms with Crippen LogP contribution in [0.25, 0.3) is 0 Å². The van der Waals surface area contributed by atoms with E-state index in [0.717, 1.165) is 6.54 Å². The average Bonchev–Trinajstić information content (AvgIpc) is 2.70. The Bertz CT molecular complexity index is 306. The fourth-order valence-corrected chi connectivity index (χ4v) is 1.48. The summed E-state index contributed by atoms with van der Waals surface area (Å²) in [6, 6.07) is 0. The topological polar surface area (TPSA) is 8.81 Å². The monoisotopic (exact) mass is 268 g/mol. The van der Waals surface area contributed by atoms with Gasteiger partial charge in [-0.3, -0.25) is 0 Å². The average molecular weight is 268 g/mol. The molecular formula is C11H21BF4N2. The maximum Gasteiger partial charge on any atom is 0.673 e. The summed E-state index contributed by atoms with van der Waals surface area (Å²) in [7, 11) is -6.00. The SMILES string of the molecule is CCCCCC[n+]1ccn(CC)c1.F[B-](F)(F)F. The van der Waals surface area contributed by atoms with E-state index in [2.05, 4.69) is 41.7 Å². The van der Waals surface area contributed by atoms with Crippen LogP contribution in [0.3, 0.4) is 0 Å². The first-order chi connectivity index (χ1) is 8.36. The first kappa shape index (κ1) is 17.0. The molecule has 1 aromatic heterocycles. The first-order valence-corrected chi connectivity index (χ1v) is 6.29. The van der Waals surface area contributed by atoms with Crippen molar-refractivity contribution in [1.82, 2.24) is 4.57 Å². The molecule has 0 fully saturated rings. The molecule has 0 bridgehead atoms. The van der Waals surface area contributed by atoms with Crippen LogP contribution >= 0.6 is 0 Å². The third kappa shape index (κ3) is 11.5. The number of imidazole rings is 1. The second-order valence-electron chi connectivity index (χ2n) is 4.04. The molecule has 0 radical (unpaired) electrons. The Kier molecular flexibility index (Phi) is 8.49. The summed E-state index contributed by atoms with van der Waals surface area (Å²) >= 11 is 0. The fourth-order valence-electron chi connectivity index (χ4n) is 1.48. The fraction of sp³-hybridized carbons (Fsp3) is 0.727. The number of rotatable bonds is 6. The van der Waals surface area contributed by atoms with Crippen LogP contribution in [0.2, 0.25) is 0 Å². The van der Waals surface area contributed by atoms with Gasteiger partial charge in [0.25, 0.3) is 0 Å². The van der Waals surface area contributed by atoms with Crippen LogP contribution in [0, 0.1) is 0 Å². The van der Waals surface area contributed by atoms with Crippen molar-refractivity contribution in [2.45, 2.75) is 52.6 Å². The van der Waals surface area contributed by atoms with E-state index in [9.17, 15) is 17.3 Å². The van der Waals surface area contributed by atoms with Crippen molar-refractivity contribution in [3.63, 3.8) is 0 Å². The van der Waals surface area contributed by atoms with Crippen molar-refractivity contribution < 1.29 is 21.8 Å². The third-order valence-corrected chi connectivity index (χ3v) is 2.38. The highest BCUT2D eigenvalue weighted by Gasteiger charge is 2.20. The first-order valence-electron chi connectivity index (χ1n) is 6.29. The highest BCUT2D eigenvalue weighted by Crippen LogP contribution is 2.06. The number of nitrogens with zero attached hydrogens (tertiary/aromatic N) is 2. The lowest BCUT2D eigenvalue weighted by Gasteiger charge is -1.95. The largest absolute Gasteiger partial charge is 0.673 e. The van der Waals surface area contributed by atoms with Gasteiger partial charge >= 0.3 is 7.25 Å². The second kappa shape index (κ2) is 9.00. The van der Waals surface area contributed by atoms with E-state index in [0.29, 0.717) is 0 Å². The Morgan fingerprint density at radius 2 is 1.67 bits per heavy atom. The molecule has 0 amide bonds. The molecule has 0 saturated heterocycles. The highest BCUT2D eigenvalue weighted by atomic mass is 19.5. The van der Waals surface area contributed by atoms with E-state index in [1.165, 1.54) is 32.2 Å². The summed E-state index contributed by atoms with van der Waals surface area (Å²) in [6.45, 7) is 6.66. The van der Waals surface area contributed by atoms with Gasteiger partial charge in [-0.2, -0.15) is 0 Å². The predicted molar refractivity (Wildman–Crippen MR) is 64.6 cm³/mol. The molecule has 0 aliphatic rings. The lowest BCUT2D eigenvalue weighted by molar-refractivity contribution is -0.696. The summed E-state index contributed by atoms with van der Waals surface area (Å²) in [5, 5.41) is 0. The Morgan fingerprint density at radius 3 is 2.11 bits per heavy atom. The van der Waals surface area contributed by atoms with Gasteiger partial charge in [-0.25, -0.2) is 9.13 Å². The number of aromatic nitrogens is 2. The molecule has 0 N–H and O–H groups in total. The van der Waals surface area contributed by atoms with Gasteiger partial charge < -0.3 is 17.3 Å². The minimum absolute atomic E-state index is 1.07. The van der Waals surface area contributed by atoms with E-state index in [-0.39, 0.29) is 0 Å². The molecule has 2 nitrogen and oxygen atoms in total. The summed E-state index contributed by atoms with van der Waals surface area (Å²) in [5.41, 5.74) is 0. The van der Waals surface area contributed by atoms with Gasteiger partial charge in [0.15, 0.2) is 0 Å². The molecular weight excluding hydrogens is 247 g/mol. The van der Waals surface area contributed by atoms with Gasteiger partial charge in [0.2, 0.25) is 6.33 Å². The molecule has 0 aromatic carbocycles. The molecule has 0 aliphatic heterocycles. The Balaban J connectivity index is 0.000000494. The van der Waals surface area contributed by atoms with Crippen LogP contribution < -0.4 is 4.57 Å². The highest BCUT2D eigenvalue weighted by molar-refractivity contribution is 6.50. The van der Waals surface area contributed by atoms with Gasteiger partial charge in [0, 0.05) is 0 Å². The molecule has 0 saturated carbocycles. The van der Waals surface area contributed by atoms with Crippen molar-refractivity contribution >= 4 is 7.25 Å². The smallest absolute Gasteiger partial charge is 0.418 e. The van der Waals surface area contributed by atoms with Gasteiger partial charge in [-0.15, -0.1) is 0 Å². The molecule has 1 heterocycles. The molecule has 7 heteroatoms. The Morgan fingerprint density at radius 1 is 1.06 bits per heavy atom. The minimum atomic E-state index is -6.00. The molecule has 0 atom stereocenters. The number of hydrogen-bond acceptors (Lipinski definition) is 0. The van der Waals surface area contributed by atoms with Gasteiger partial charge in [-0.05, 0) is 19.8 Å². The van der Waals surface area contributed by atoms with Crippen LogP contribution in [0.1, 0.15) is 39.5 Å². The molecule has 0 aliphatic carbocycles. The lowest BCUT2D eigenvalue weighted by atomic mass is 10.2. The Hall–Kier alpha value is -1.01. The summed E-state index contributed by atoms with van der Waals surface area (Å²) in [4.78, 5) is 0. The van der Waals surface area contributed by atoms with Crippen molar-refractivity contribution in [3.8, 4) is 0 Å². The molecule has 0 spiro atoms. The maximum atomic E-state index is 9.75. The number of halogens is 4. The zero-order valence-corrected chi connectivity index (χ0v) is 11.0. The number of aryl methyl sites for hydroxylation is 2.